The van der Waals surface area contributed by atoms with E-state index in [1.54, 1.807) is 0 Å². The number of nitrogens with zero attached hydrogens (tertiary/aromatic N) is 2. The molecule has 2 atom stereocenters. The van der Waals surface area contributed by atoms with Crippen LogP contribution in [0, 0.1) is 5.92 Å². The van der Waals surface area contributed by atoms with Gasteiger partial charge in [-0.05, 0) is 43.7 Å². The molecule has 3 aliphatic heterocycles. The molecule has 3 fully saturated rings. The van der Waals surface area contributed by atoms with Crippen LogP contribution in [0.1, 0.15) is 31.2 Å². The molecular formula is C19H28N2O2. The first kappa shape index (κ1) is 16.5. The van der Waals surface area contributed by atoms with Gasteiger partial charge in [-0.3, -0.25) is 4.79 Å². The Balaban J connectivity index is 1.51. The Morgan fingerprint density at radius 3 is 2.74 bits per heavy atom. The molecule has 0 spiro atoms. The van der Waals surface area contributed by atoms with Gasteiger partial charge < -0.3 is 14.9 Å². The molecule has 4 heteroatoms. The Labute approximate surface area is 139 Å². The van der Waals surface area contributed by atoms with E-state index in [-0.39, 0.29) is 18.9 Å². The molecule has 1 N–H and O–H groups in total. The summed E-state index contributed by atoms with van der Waals surface area (Å²) in [5.74, 6) is 0.737. The molecule has 0 aromatic heterocycles. The Morgan fingerprint density at radius 1 is 1.13 bits per heavy atom. The number of aliphatic hydroxyl groups is 1. The zero-order valence-corrected chi connectivity index (χ0v) is 13.9. The molecule has 0 saturated carbocycles. The molecule has 0 unspecified atom stereocenters. The lowest BCUT2D eigenvalue weighted by Crippen LogP contribution is -2.47. The Hall–Kier alpha value is -1.39. The third-order valence-corrected chi connectivity index (χ3v) is 5.22. The van der Waals surface area contributed by atoms with Crippen molar-refractivity contribution in [2.75, 3.05) is 32.8 Å². The molecule has 4 rings (SSSR count). The van der Waals surface area contributed by atoms with E-state index in [1.807, 2.05) is 4.90 Å². The molecule has 3 saturated heterocycles. The van der Waals surface area contributed by atoms with E-state index in [4.69, 9.17) is 5.11 Å². The van der Waals surface area contributed by atoms with Crippen LogP contribution in [0.15, 0.2) is 30.3 Å². The molecule has 1 amide bonds. The van der Waals surface area contributed by atoms with Crippen LogP contribution in [0.4, 0.5) is 0 Å². The summed E-state index contributed by atoms with van der Waals surface area (Å²) < 4.78 is 0. The molecule has 4 nitrogen and oxygen atoms in total. The van der Waals surface area contributed by atoms with Crippen LogP contribution in [-0.2, 0) is 11.2 Å². The minimum atomic E-state index is -0.0342. The summed E-state index contributed by atoms with van der Waals surface area (Å²) in [5.41, 5.74) is 1.41. The smallest absolute Gasteiger partial charge is 0.225 e. The fourth-order valence-corrected chi connectivity index (χ4v) is 4.06. The molecule has 0 aliphatic carbocycles. The first-order valence-corrected chi connectivity index (χ1v) is 8.93. The van der Waals surface area contributed by atoms with Gasteiger partial charge in [0.2, 0.25) is 5.91 Å². The van der Waals surface area contributed by atoms with Crippen molar-refractivity contribution in [3.8, 4) is 0 Å². The van der Waals surface area contributed by atoms with Gasteiger partial charge in [0.1, 0.15) is 0 Å². The van der Waals surface area contributed by atoms with Crippen LogP contribution in [0.5, 0.6) is 0 Å². The van der Waals surface area contributed by atoms with Crippen molar-refractivity contribution < 1.29 is 9.90 Å². The van der Waals surface area contributed by atoms with Crippen molar-refractivity contribution in [2.24, 2.45) is 5.92 Å². The van der Waals surface area contributed by atoms with Gasteiger partial charge in [0.05, 0.1) is 6.61 Å². The first-order chi connectivity index (χ1) is 11.3. The number of aliphatic hydroxyl groups excluding tert-OH is 1. The van der Waals surface area contributed by atoms with E-state index in [0.29, 0.717) is 12.0 Å². The molecule has 1 aromatic carbocycles. The highest BCUT2D eigenvalue weighted by atomic mass is 16.3. The Kier molecular flexibility index (Phi) is 5.68. The van der Waals surface area contributed by atoms with Crippen LogP contribution >= 0.6 is 0 Å². The van der Waals surface area contributed by atoms with E-state index in [1.165, 1.54) is 18.4 Å². The maximum absolute atomic E-state index is 12.2. The highest BCUT2D eigenvalue weighted by Gasteiger charge is 2.36. The van der Waals surface area contributed by atoms with E-state index >= 15 is 0 Å². The Bertz CT molecular complexity index is 505. The maximum Gasteiger partial charge on any atom is 0.225 e. The predicted molar refractivity (Wildman–Crippen MR) is 91.1 cm³/mol. The van der Waals surface area contributed by atoms with E-state index in [0.717, 1.165) is 39.0 Å². The van der Waals surface area contributed by atoms with Crippen molar-refractivity contribution in [1.82, 2.24) is 9.80 Å². The monoisotopic (exact) mass is 316 g/mol. The number of fused-ring (bicyclic) bond motifs is 4. The number of carbonyl (C=O) groups is 1. The number of piperidine rings is 1. The predicted octanol–water partition coefficient (Wildman–Crippen LogP) is 1.92. The van der Waals surface area contributed by atoms with Crippen LogP contribution in [-0.4, -0.2) is 59.6 Å². The SMILES string of the molecule is O=C(CCO)N1C[C@H]2CC[C@@H]1CN(CCCc1ccccc1)C2. The summed E-state index contributed by atoms with van der Waals surface area (Å²) in [6, 6.07) is 11.0. The fraction of sp³-hybridized carbons (Fsp3) is 0.632. The number of hydrogen-bond acceptors (Lipinski definition) is 3. The topological polar surface area (TPSA) is 43.8 Å². The Morgan fingerprint density at radius 2 is 1.96 bits per heavy atom. The highest BCUT2D eigenvalue weighted by Crippen LogP contribution is 2.28. The number of amides is 1. The molecule has 23 heavy (non-hydrogen) atoms. The number of hydrogen-bond donors (Lipinski definition) is 1. The summed E-state index contributed by atoms with van der Waals surface area (Å²) in [6.07, 6.45) is 4.94. The molecule has 126 valence electrons. The average Bonchev–Trinajstić information content (AvgIpc) is 2.87. The largest absolute Gasteiger partial charge is 0.396 e. The molecule has 1 aromatic rings. The normalized spacial score (nSPS) is 24.7. The van der Waals surface area contributed by atoms with Crippen molar-refractivity contribution in [3.05, 3.63) is 35.9 Å². The van der Waals surface area contributed by atoms with Gasteiger partial charge in [0.15, 0.2) is 0 Å². The molecule has 3 aliphatic rings. The third-order valence-electron chi connectivity index (χ3n) is 5.22. The van der Waals surface area contributed by atoms with Crippen LogP contribution in [0.2, 0.25) is 0 Å². The lowest BCUT2D eigenvalue weighted by Gasteiger charge is -2.36. The van der Waals surface area contributed by atoms with Crippen LogP contribution in [0.3, 0.4) is 0 Å². The number of carbonyl (C=O) groups excluding carboxylic acids is 1. The van der Waals surface area contributed by atoms with E-state index < -0.39 is 0 Å². The molecule has 0 radical (unpaired) electrons. The molecule has 2 bridgehead atoms. The van der Waals surface area contributed by atoms with Crippen LogP contribution < -0.4 is 0 Å². The minimum Gasteiger partial charge on any atom is -0.396 e. The lowest BCUT2D eigenvalue weighted by molar-refractivity contribution is -0.135. The molecule has 3 heterocycles. The van der Waals surface area contributed by atoms with Gasteiger partial charge in [0.25, 0.3) is 0 Å². The van der Waals surface area contributed by atoms with Crippen molar-refractivity contribution in [2.45, 2.75) is 38.1 Å². The average molecular weight is 316 g/mol. The standard InChI is InChI=1S/C19H28N2O2/c22-12-10-19(23)21-14-17-8-9-18(21)15-20(13-17)11-4-7-16-5-2-1-3-6-16/h1-3,5-6,17-18,22H,4,7-15H2/t17-,18+/m0/s1. The zero-order chi connectivity index (χ0) is 16.1. The van der Waals surface area contributed by atoms with Crippen LogP contribution in [0.25, 0.3) is 0 Å². The van der Waals surface area contributed by atoms with Gasteiger partial charge in [-0.1, -0.05) is 30.3 Å². The number of aryl methyl sites for hydroxylation is 1. The number of benzene rings is 1. The summed E-state index contributed by atoms with van der Waals surface area (Å²) in [6.45, 7) is 4.09. The first-order valence-electron chi connectivity index (χ1n) is 8.93. The van der Waals surface area contributed by atoms with Gasteiger partial charge in [0, 0.05) is 32.1 Å². The van der Waals surface area contributed by atoms with E-state index in [9.17, 15) is 4.79 Å². The minimum absolute atomic E-state index is 0.0342. The van der Waals surface area contributed by atoms with Gasteiger partial charge in [-0.15, -0.1) is 0 Å². The second-order valence-electron chi connectivity index (χ2n) is 6.97. The maximum atomic E-state index is 12.2. The van der Waals surface area contributed by atoms with Gasteiger partial charge >= 0.3 is 0 Å². The van der Waals surface area contributed by atoms with Crippen molar-refractivity contribution in [3.63, 3.8) is 0 Å². The van der Waals surface area contributed by atoms with Crippen molar-refractivity contribution >= 4 is 5.91 Å². The van der Waals surface area contributed by atoms with Gasteiger partial charge in [-0.25, -0.2) is 0 Å². The summed E-state index contributed by atoms with van der Waals surface area (Å²) >= 11 is 0. The molecular weight excluding hydrogens is 288 g/mol. The number of rotatable bonds is 6. The summed E-state index contributed by atoms with van der Waals surface area (Å²) in [4.78, 5) is 16.8. The zero-order valence-electron chi connectivity index (χ0n) is 13.9. The van der Waals surface area contributed by atoms with Gasteiger partial charge in [-0.2, -0.15) is 0 Å². The lowest BCUT2D eigenvalue weighted by atomic mass is 9.95. The fourth-order valence-electron chi connectivity index (χ4n) is 4.06. The second-order valence-corrected chi connectivity index (χ2v) is 6.97. The third kappa shape index (κ3) is 4.33. The van der Waals surface area contributed by atoms with E-state index in [2.05, 4.69) is 35.2 Å². The quantitative estimate of drug-likeness (QED) is 0.872. The summed E-state index contributed by atoms with van der Waals surface area (Å²) in [7, 11) is 0. The summed E-state index contributed by atoms with van der Waals surface area (Å²) in [5, 5.41) is 9.03. The second kappa shape index (κ2) is 7.93. The van der Waals surface area contributed by atoms with Crippen molar-refractivity contribution in [1.29, 1.82) is 0 Å². The highest BCUT2D eigenvalue weighted by molar-refractivity contribution is 5.76.